The second kappa shape index (κ2) is 7.46. The molecule has 6 heteroatoms. The van der Waals surface area contributed by atoms with E-state index in [4.69, 9.17) is 4.74 Å². The molecule has 1 N–H and O–H groups in total. The third-order valence-corrected chi connectivity index (χ3v) is 4.78. The molecular formula is C22H24N2O4. The lowest BCUT2D eigenvalue weighted by molar-refractivity contribution is -0.116. The van der Waals surface area contributed by atoms with E-state index in [0.717, 1.165) is 10.5 Å². The highest BCUT2D eigenvalue weighted by Crippen LogP contribution is 2.31. The number of carbonyl (C=O) groups excluding carboxylic acids is 3. The van der Waals surface area contributed by atoms with Gasteiger partial charge in [0.05, 0.1) is 23.9 Å². The second-order valence-corrected chi connectivity index (χ2v) is 7.77. The zero-order valence-electron chi connectivity index (χ0n) is 16.5. The Bertz CT molecular complexity index is 909. The molecule has 6 nitrogen and oxygen atoms in total. The van der Waals surface area contributed by atoms with E-state index in [-0.39, 0.29) is 36.1 Å². The lowest BCUT2D eigenvalue weighted by Crippen LogP contribution is -2.32. The van der Waals surface area contributed by atoms with Gasteiger partial charge in [0.2, 0.25) is 5.91 Å². The van der Waals surface area contributed by atoms with Crippen LogP contribution in [0.1, 0.15) is 53.5 Å². The molecule has 2 aromatic rings. The summed E-state index contributed by atoms with van der Waals surface area (Å²) >= 11 is 0. The van der Waals surface area contributed by atoms with Gasteiger partial charge in [-0.15, -0.1) is 0 Å². The summed E-state index contributed by atoms with van der Waals surface area (Å²) in [5.74, 6) is -0.454. The SMILES string of the molecule is COc1ccc(C(C)(C)C)cc1NC(=O)CCN1C(=O)c2ccccc2C1=O. The van der Waals surface area contributed by atoms with Crippen molar-refractivity contribution in [1.29, 1.82) is 0 Å². The Kier molecular flexibility index (Phi) is 5.23. The first-order chi connectivity index (χ1) is 13.2. The molecule has 0 radical (unpaired) electrons. The topological polar surface area (TPSA) is 75.7 Å². The van der Waals surface area contributed by atoms with Crippen LogP contribution in [0, 0.1) is 0 Å². The standard InChI is InChI=1S/C22H24N2O4/c1-22(2,3)14-9-10-18(28-4)17(13-14)23-19(25)11-12-24-20(26)15-7-5-6-8-16(15)21(24)27/h5-10,13H,11-12H2,1-4H3,(H,23,25). The molecule has 0 saturated carbocycles. The number of methoxy groups -OCH3 is 1. The fraction of sp³-hybridized carbons (Fsp3) is 0.318. The van der Waals surface area contributed by atoms with Crippen molar-refractivity contribution < 1.29 is 19.1 Å². The van der Waals surface area contributed by atoms with Gasteiger partial charge in [-0.05, 0) is 35.2 Å². The maximum atomic E-state index is 12.5. The molecule has 1 aliphatic rings. The normalized spacial score (nSPS) is 13.5. The summed E-state index contributed by atoms with van der Waals surface area (Å²) in [4.78, 5) is 38.4. The highest BCUT2D eigenvalue weighted by atomic mass is 16.5. The molecule has 1 aliphatic heterocycles. The van der Waals surface area contributed by atoms with E-state index >= 15 is 0 Å². The molecule has 0 spiro atoms. The van der Waals surface area contributed by atoms with E-state index in [1.54, 1.807) is 31.4 Å². The number of benzene rings is 2. The Balaban J connectivity index is 1.69. The molecule has 28 heavy (non-hydrogen) atoms. The predicted octanol–water partition coefficient (Wildman–Crippen LogP) is 3.62. The van der Waals surface area contributed by atoms with Crippen LogP contribution in [0.5, 0.6) is 5.75 Å². The first kappa shape index (κ1) is 19.6. The number of fused-ring (bicyclic) bond motifs is 1. The lowest BCUT2D eigenvalue weighted by Gasteiger charge is -2.21. The average Bonchev–Trinajstić information content (AvgIpc) is 2.90. The van der Waals surface area contributed by atoms with Crippen LogP contribution in [-0.2, 0) is 10.2 Å². The Morgan fingerprint density at radius 2 is 1.64 bits per heavy atom. The van der Waals surface area contributed by atoms with Gasteiger partial charge >= 0.3 is 0 Å². The molecule has 3 amide bonds. The molecule has 0 bridgehead atoms. The molecule has 0 aromatic heterocycles. The molecule has 0 atom stereocenters. The molecule has 1 heterocycles. The highest BCUT2D eigenvalue weighted by Gasteiger charge is 2.35. The van der Waals surface area contributed by atoms with Crippen molar-refractivity contribution in [2.75, 3.05) is 19.0 Å². The quantitative estimate of drug-likeness (QED) is 0.804. The van der Waals surface area contributed by atoms with Crippen molar-refractivity contribution >= 4 is 23.4 Å². The lowest BCUT2D eigenvalue weighted by atomic mass is 9.87. The van der Waals surface area contributed by atoms with E-state index in [1.165, 1.54) is 0 Å². The minimum absolute atomic E-state index is 0.00830. The van der Waals surface area contributed by atoms with E-state index in [2.05, 4.69) is 26.1 Å². The minimum atomic E-state index is -0.360. The van der Waals surface area contributed by atoms with E-state index in [0.29, 0.717) is 22.6 Å². The van der Waals surface area contributed by atoms with Crippen LogP contribution in [0.25, 0.3) is 0 Å². The van der Waals surface area contributed by atoms with Crippen LogP contribution < -0.4 is 10.1 Å². The smallest absolute Gasteiger partial charge is 0.261 e. The van der Waals surface area contributed by atoms with Crippen LogP contribution in [0.3, 0.4) is 0 Å². The molecule has 0 unspecified atom stereocenters. The minimum Gasteiger partial charge on any atom is -0.495 e. The third-order valence-electron chi connectivity index (χ3n) is 4.78. The number of hydrogen-bond donors (Lipinski definition) is 1. The number of rotatable bonds is 5. The maximum Gasteiger partial charge on any atom is 0.261 e. The summed E-state index contributed by atoms with van der Waals surface area (Å²) in [6, 6.07) is 12.4. The number of ether oxygens (including phenoxy) is 1. The summed E-state index contributed by atoms with van der Waals surface area (Å²) in [6.45, 7) is 6.29. The van der Waals surface area contributed by atoms with Crippen LogP contribution >= 0.6 is 0 Å². The first-order valence-corrected chi connectivity index (χ1v) is 9.16. The number of amides is 3. The summed E-state index contributed by atoms with van der Waals surface area (Å²) < 4.78 is 5.33. The summed E-state index contributed by atoms with van der Waals surface area (Å²) in [6.07, 6.45) is 0.00830. The van der Waals surface area contributed by atoms with Gasteiger partial charge < -0.3 is 10.1 Å². The monoisotopic (exact) mass is 380 g/mol. The van der Waals surface area contributed by atoms with E-state index in [1.807, 2.05) is 18.2 Å². The Hall–Kier alpha value is -3.15. The van der Waals surface area contributed by atoms with Gasteiger partial charge in [-0.1, -0.05) is 39.0 Å². The van der Waals surface area contributed by atoms with Gasteiger partial charge in [0, 0.05) is 13.0 Å². The predicted molar refractivity (Wildman–Crippen MR) is 107 cm³/mol. The Morgan fingerprint density at radius 3 is 2.18 bits per heavy atom. The van der Waals surface area contributed by atoms with E-state index < -0.39 is 0 Å². The zero-order chi connectivity index (χ0) is 20.5. The number of hydrogen-bond acceptors (Lipinski definition) is 4. The molecule has 0 fully saturated rings. The van der Waals surface area contributed by atoms with Crippen molar-refractivity contribution in [3.05, 3.63) is 59.2 Å². The molecule has 146 valence electrons. The fourth-order valence-corrected chi connectivity index (χ4v) is 3.14. The van der Waals surface area contributed by atoms with Crippen LogP contribution in [0.2, 0.25) is 0 Å². The Morgan fingerprint density at radius 1 is 1.04 bits per heavy atom. The van der Waals surface area contributed by atoms with Crippen LogP contribution in [0.4, 0.5) is 5.69 Å². The first-order valence-electron chi connectivity index (χ1n) is 9.16. The fourth-order valence-electron chi connectivity index (χ4n) is 3.14. The molecule has 0 aliphatic carbocycles. The van der Waals surface area contributed by atoms with Crippen LogP contribution in [-0.4, -0.2) is 36.3 Å². The molecule has 0 saturated heterocycles. The number of nitrogens with zero attached hydrogens (tertiary/aromatic N) is 1. The van der Waals surface area contributed by atoms with Gasteiger partial charge in [0.15, 0.2) is 0 Å². The van der Waals surface area contributed by atoms with Crippen molar-refractivity contribution in [3.63, 3.8) is 0 Å². The van der Waals surface area contributed by atoms with Crippen molar-refractivity contribution in [3.8, 4) is 5.75 Å². The van der Waals surface area contributed by atoms with Crippen molar-refractivity contribution in [2.45, 2.75) is 32.6 Å². The van der Waals surface area contributed by atoms with Gasteiger partial charge in [-0.3, -0.25) is 19.3 Å². The van der Waals surface area contributed by atoms with Crippen molar-refractivity contribution in [1.82, 2.24) is 4.90 Å². The summed E-state index contributed by atoms with van der Waals surface area (Å²) in [5.41, 5.74) is 2.32. The van der Waals surface area contributed by atoms with Gasteiger partial charge in [0.25, 0.3) is 11.8 Å². The number of carbonyl (C=O) groups is 3. The summed E-state index contributed by atoms with van der Waals surface area (Å²) in [5, 5.41) is 2.84. The zero-order valence-corrected chi connectivity index (χ0v) is 16.5. The van der Waals surface area contributed by atoms with E-state index in [9.17, 15) is 14.4 Å². The number of nitrogens with one attached hydrogen (secondary N) is 1. The van der Waals surface area contributed by atoms with Crippen LogP contribution in [0.15, 0.2) is 42.5 Å². The van der Waals surface area contributed by atoms with Gasteiger partial charge in [0.1, 0.15) is 5.75 Å². The number of imide groups is 1. The van der Waals surface area contributed by atoms with Gasteiger partial charge in [-0.25, -0.2) is 0 Å². The molecule has 2 aromatic carbocycles. The number of anilines is 1. The summed E-state index contributed by atoms with van der Waals surface area (Å²) in [7, 11) is 1.54. The second-order valence-electron chi connectivity index (χ2n) is 7.77. The third kappa shape index (κ3) is 3.76. The Labute approximate surface area is 164 Å². The maximum absolute atomic E-state index is 12.5. The average molecular weight is 380 g/mol. The highest BCUT2D eigenvalue weighted by molar-refractivity contribution is 6.21. The van der Waals surface area contributed by atoms with Gasteiger partial charge in [-0.2, -0.15) is 0 Å². The molecular weight excluding hydrogens is 356 g/mol. The molecule has 3 rings (SSSR count). The van der Waals surface area contributed by atoms with Crippen molar-refractivity contribution in [2.24, 2.45) is 0 Å². The largest absolute Gasteiger partial charge is 0.495 e.